The summed E-state index contributed by atoms with van der Waals surface area (Å²) < 4.78 is 62.4. The number of nitrogens with two attached hydrogens (primary N) is 1. The molecule has 10 N–H and O–H groups in total. The number of allylic oxidation sites excluding steroid dienone is 2. The Hall–Kier alpha value is -3.03. The minimum Gasteiger partial charge on any atom is -0.386 e. The average molecular weight is 1020 g/mol. The van der Waals surface area contributed by atoms with Crippen LogP contribution in [0.4, 0.5) is 5.82 Å². The second-order valence-electron chi connectivity index (χ2n) is 16.4. The molecule has 0 aromatic carbocycles. The van der Waals surface area contributed by atoms with E-state index in [2.05, 4.69) is 53.5 Å². The van der Waals surface area contributed by atoms with E-state index in [0.29, 0.717) is 30.3 Å². The van der Waals surface area contributed by atoms with E-state index in [1.54, 1.807) is 0 Å². The molecule has 1 aliphatic carbocycles. The zero-order valence-corrected chi connectivity index (χ0v) is 40.2. The van der Waals surface area contributed by atoms with Gasteiger partial charge in [-0.25, -0.2) is 28.6 Å². The molecule has 2 fully saturated rings. The van der Waals surface area contributed by atoms with Gasteiger partial charge in [0.05, 0.1) is 19.5 Å². The Bertz CT molecular complexity index is 2160. The lowest BCUT2D eigenvalue weighted by Gasteiger charge is -2.30. The molecule has 4 unspecified atom stereocenters. The van der Waals surface area contributed by atoms with E-state index in [-0.39, 0.29) is 47.5 Å². The van der Waals surface area contributed by atoms with Gasteiger partial charge in [-0.2, -0.15) is 4.31 Å². The molecule has 1 aliphatic heterocycles. The summed E-state index contributed by atoms with van der Waals surface area (Å²) in [6.45, 7) is 2.55. The predicted octanol–water partition coefficient (Wildman–Crippen LogP) is 2.57. The van der Waals surface area contributed by atoms with Crippen molar-refractivity contribution in [2.75, 3.05) is 37.8 Å². The van der Waals surface area contributed by atoms with Crippen LogP contribution in [0.5, 0.6) is 0 Å². The summed E-state index contributed by atoms with van der Waals surface area (Å²) in [4.78, 5) is 101. The molecule has 0 spiro atoms. The summed E-state index contributed by atoms with van der Waals surface area (Å²) in [7, 11) is -16.4. The van der Waals surface area contributed by atoms with Gasteiger partial charge in [0.25, 0.3) is 0 Å². The van der Waals surface area contributed by atoms with Gasteiger partial charge in [-0.3, -0.25) is 37.3 Å². The Labute approximate surface area is 384 Å². The van der Waals surface area contributed by atoms with Crippen LogP contribution in [0, 0.1) is 17.3 Å². The Morgan fingerprint density at radius 3 is 2.47 bits per heavy atom. The molecule has 29 heteroatoms. The highest BCUT2D eigenvalue weighted by atomic mass is 32.2. The van der Waals surface area contributed by atoms with Gasteiger partial charge in [-0.15, -0.1) is 0 Å². The number of hydrogen-bond acceptors (Lipinski definition) is 19. The van der Waals surface area contributed by atoms with Crippen LogP contribution in [-0.4, -0.2) is 128 Å². The lowest BCUT2D eigenvalue weighted by atomic mass is 9.87. The third-order valence-electron chi connectivity index (χ3n) is 10.8. The van der Waals surface area contributed by atoms with Gasteiger partial charge in [0, 0.05) is 49.4 Å². The summed E-state index contributed by atoms with van der Waals surface area (Å²) in [5, 5.41) is 26.6. The number of anilines is 1. The van der Waals surface area contributed by atoms with Crippen molar-refractivity contribution >= 4 is 74.9 Å². The molecule has 2 amide bonds. The van der Waals surface area contributed by atoms with Crippen LogP contribution in [0.1, 0.15) is 91.2 Å². The predicted molar refractivity (Wildman–Crippen MR) is 235 cm³/mol. The summed E-state index contributed by atoms with van der Waals surface area (Å²) in [6, 6.07) is 0. The number of nitrogen functional groups attached to an aromatic ring is 1. The number of fused-ring (bicyclic) bond motifs is 1. The minimum atomic E-state index is -5.58. The molecule has 2 aromatic heterocycles. The van der Waals surface area contributed by atoms with Crippen LogP contribution in [0.25, 0.3) is 11.2 Å². The number of imidazole rings is 1. The first-order valence-corrected chi connectivity index (χ1v) is 26.7. The normalized spacial score (nSPS) is 23.8. The third kappa shape index (κ3) is 17.2. The van der Waals surface area contributed by atoms with Gasteiger partial charge >= 0.3 is 23.5 Å². The number of nitrogens with one attached hydrogen (secondary N) is 2. The number of carbonyl (C=O) groups is 4. The lowest BCUT2D eigenvalue weighted by Crippen LogP contribution is -2.46. The zero-order valence-electron chi connectivity index (χ0n) is 36.7. The van der Waals surface area contributed by atoms with E-state index in [9.17, 15) is 62.7 Å². The second kappa shape index (κ2) is 25.0. The summed E-state index contributed by atoms with van der Waals surface area (Å²) in [5.41, 5.74) is 4.26. The van der Waals surface area contributed by atoms with Gasteiger partial charge in [-0.05, 0) is 38.0 Å². The maximum Gasteiger partial charge on any atom is 0.481 e. The van der Waals surface area contributed by atoms with Gasteiger partial charge in [-0.1, -0.05) is 57.5 Å². The van der Waals surface area contributed by atoms with Crippen molar-refractivity contribution in [1.29, 1.82) is 0 Å². The molecule has 0 bridgehead atoms. The highest BCUT2D eigenvalue weighted by molar-refractivity contribution is 8.13. The SMILES string of the molecule is CC/C=C\C[C@@H]1C(=O)CCC1CCCCCC(=O)SCCNC(=O)CCNC(=O)[C@H](O)C(C)(C)COP(=O)(O)OP(=O)(O)OC[C@H]1O[C@@H](n2cnc3c(N)ncnc32)C(O)[C@H]1OP(=O)(O)O. The second-order valence-corrected chi connectivity index (χ2v) is 21.8. The third-order valence-corrected chi connectivity index (χ3v) is 14.8. The lowest BCUT2D eigenvalue weighted by molar-refractivity contribution is -0.137. The Morgan fingerprint density at radius 2 is 1.76 bits per heavy atom. The standard InChI is InChI=1S/C37H60N7O18P3S/c1-4-5-7-11-24-23(13-14-25(24)45)10-8-6-9-12-28(47)66-18-17-39-27(46)15-16-40-35(50)32(49)37(2,3)20-59-65(56,57)62-64(54,55)58-19-26-31(61-63(51,52)53)30(48)36(60-26)44-22-43-29-33(38)41-21-42-34(29)44/h5,7,21-24,26,30-32,36,48-49H,4,6,8-20H2,1-3H3,(H,39,46)(H,40,50)(H,54,55)(H,56,57)(H2,38,41,42)(H2,51,52,53)/b7-5-/t23?,24-,26+,30?,31-,32-,36+/m0/s1. The topological polar surface area (TPSA) is 381 Å². The zero-order chi connectivity index (χ0) is 48.9. The number of nitrogens with zero attached hydrogens (tertiary/aromatic N) is 4. The fourth-order valence-electron chi connectivity index (χ4n) is 7.28. The number of amides is 2. The fraction of sp³-hybridized carbons (Fsp3) is 0.703. The fourth-order valence-corrected chi connectivity index (χ4v) is 10.8. The van der Waals surface area contributed by atoms with E-state index >= 15 is 0 Å². The molecule has 4 rings (SSSR count). The molecule has 1 saturated carbocycles. The van der Waals surface area contributed by atoms with Crippen molar-refractivity contribution in [2.45, 2.75) is 116 Å². The number of carbonyl (C=O) groups excluding carboxylic acids is 4. The van der Waals surface area contributed by atoms with Gasteiger partial charge in [0.2, 0.25) is 11.8 Å². The Balaban J connectivity index is 1.12. The number of unbranched alkanes of at least 4 members (excludes halogenated alkanes) is 2. The first-order chi connectivity index (χ1) is 30.9. The molecule has 2 aliphatic rings. The van der Waals surface area contributed by atoms with Crippen molar-refractivity contribution in [3.8, 4) is 0 Å². The number of phosphoric ester groups is 3. The first kappa shape index (κ1) is 55.6. The number of rotatable bonds is 28. The van der Waals surface area contributed by atoms with Crippen LogP contribution in [0.3, 0.4) is 0 Å². The number of aliphatic hydroxyl groups excluding tert-OH is 2. The summed E-state index contributed by atoms with van der Waals surface area (Å²) in [5.74, 6) is -0.238. The van der Waals surface area contributed by atoms with E-state index in [4.69, 9.17) is 19.5 Å². The molecular weight excluding hydrogens is 955 g/mol. The largest absolute Gasteiger partial charge is 0.481 e. The maximum atomic E-state index is 12.7. The highest BCUT2D eigenvalue weighted by Crippen LogP contribution is 2.61. The number of Topliss-reactive ketones (excluding diaryl/α,β-unsaturated/α-hetero) is 1. The van der Waals surface area contributed by atoms with E-state index in [1.165, 1.54) is 13.8 Å². The molecule has 372 valence electrons. The molecule has 2 aromatic rings. The van der Waals surface area contributed by atoms with Gasteiger partial charge < -0.3 is 50.9 Å². The van der Waals surface area contributed by atoms with Crippen LogP contribution in [0.15, 0.2) is 24.8 Å². The van der Waals surface area contributed by atoms with E-state index in [0.717, 1.165) is 73.9 Å². The smallest absolute Gasteiger partial charge is 0.386 e. The van der Waals surface area contributed by atoms with Gasteiger partial charge in [0.15, 0.2) is 22.8 Å². The van der Waals surface area contributed by atoms with Gasteiger partial charge in [0.1, 0.15) is 42.0 Å². The molecular formula is C37H60N7O18P3S. The number of aromatic nitrogens is 4. The monoisotopic (exact) mass is 1020 g/mol. The van der Waals surface area contributed by atoms with Crippen molar-refractivity contribution in [1.82, 2.24) is 30.2 Å². The van der Waals surface area contributed by atoms with E-state index < -0.39 is 84.6 Å². The van der Waals surface area contributed by atoms with Crippen LogP contribution < -0.4 is 16.4 Å². The molecule has 0 radical (unpaired) electrons. The molecule has 9 atom stereocenters. The van der Waals surface area contributed by atoms with Crippen molar-refractivity contribution in [3.05, 3.63) is 24.8 Å². The Kier molecular flexibility index (Phi) is 21.1. The van der Waals surface area contributed by atoms with Crippen LogP contribution in [0.2, 0.25) is 0 Å². The van der Waals surface area contributed by atoms with E-state index in [1.807, 2.05) is 0 Å². The van der Waals surface area contributed by atoms with Crippen molar-refractivity contribution in [3.63, 3.8) is 0 Å². The van der Waals surface area contributed by atoms with Crippen molar-refractivity contribution < 1.29 is 85.3 Å². The molecule has 25 nitrogen and oxygen atoms in total. The Morgan fingerprint density at radius 1 is 1.03 bits per heavy atom. The number of ketones is 1. The molecule has 3 heterocycles. The number of thioether (sulfide) groups is 1. The first-order valence-electron chi connectivity index (χ1n) is 21.2. The molecule has 1 saturated heterocycles. The minimum absolute atomic E-state index is 0.0137. The summed E-state index contributed by atoms with van der Waals surface area (Å²) >= 11 is 1.11. The average Bonchev–Trinajstić information content (AvgIpc) is 3.91. The number of aliphatic hydroxyl groups is 2. The summed E-state index contributed by atoms with van der Waals surface area (Å²) in [6.07, 6.45) is 4.58. The quantitative estimate of drug-likeness (QED) is 0.0336. The van der Waals surface area contributed by atoms with Crippen LogP contribution >= 0.6 is 35.2 Å². The number of hydrogen-bond donors (Lipinski definition) is 9. The van der Waals surface area contributed by atoms with Crippen molar-refractivity contribution in [2.24, 2.45) is 17.3 Å². The molecule has 66 heavy (non-hydrogen) atoms. The van der Waals surface area contributed by atoms with Crippen LogP contribution in [-0.2, 0) is 55.5 Å². The number of ether oxygens (including phenoxy) is 1. The maximum absolute atomic E-state index is 12.7. The number of phosphoric acid groups is 3. The highest BCUT2D eigenvalue weighted by Gasteiger charge is 2.50.